The number of carboxylic acids is 1. The van der Waals surface area contributed by atoms with Crippen LogP contribution in [0.1, 0.15) is 10.4 Å². The molecule has 0 saturated carbocycles. The van der Waals surface area contributed by atoms with E-state index in [9.17, 15) is 18.3 Å². The predicted octanol–water partition coefficient (Wildman–Crippen LogP) is 0.497. The standard InChI is InChI=1S/C10H8O5S/c1-2-5-16(14,15)7-3-4-9(11)8(6-7)10(12)13/h1,3-4,6,11H,5H2,(H,12,13). The van der Waals surface area contributed by atoms with Crippen molar-refractivity contribution in [3.05, 3.63) is 23.8 Å². The Kier molecular flexibility index (Phi) is 3.20. The molecule has 0 aromatic heterocycles. The number of benzene rings is 1. The molecule has 1 rings (SSSR count). The summed E-state index contributed by atoms with van der Waals surface area (Å²) in [5, 5.41) is 17.9. The molecule has 6 heteroatoms. The number of phenols is 1. The van der Waals surface area contributed by atoms with Gasteiger partial charge in [-0.25, -0.2) is 13.2 Å². The van der Waals surface area contributed by atoms with Crippen LogP contribution in [0.5, 0.6) is 5.75 Å². The van der Waals surface area contributed by atoms with Crippen LogP contribution in [-0.4, -0.2) is 30.4 Å². The van der Waals surface area contributed by atoms with E-state index in [1.165, 1.54) is 0 Å². The molecule has 84 valence electrons. The van der Waals surface area contributed by atoms with Gasteiger partial charge in [0.2, 0.25) is 0 Å². The molecule has 16 heavy (non-hydrogen) atoms. The molecule has 1 aromatic rings. The van der Waals surface area contributed by atoms with E-state index >= 15 is 0 Å². The number of carbonyl (C=O) groups is 1. The molecule has 0 unspecified atom stereocenters. The highest BCUT2D eigenvalue weighted by molar-refractivity contribution is 7.91. The Balaban J connectivity index is 3.35. The van der Waals surface area contributed by atoms with E-state index in [1.807, 2.05) is 5.92 Å². The van der Waals surface area contributed by atoms with Crippen LogP contribution in [0.2, 0.25) is 0 Å². The maximum atomic E-state index is 11.5. The minimum absolute atomic E-state index is 0.222. The molecule has 0 aliphatic rings. The summed E-state index contributed by atoms with van der Waals surface area (Å²) in [7, 11) is -3.69. The molecule has 0 amide bonds. The van der Waals surface area contributed by atoms with E-state index in [0.717, 1.165) is 18.2 Å². The Bertz CT molecular complexity index is 565. The lowest BCUT2D eigenvalue weighted by Crippen LogP contribution is -2.07. The monoisotopic (exact) mass is 240 g/mol. The lowest BCUT2D eigenvalue weighted by Gasteiger charge is -2.03. The molecule has 0 spiro atoms. The van der Waals surface area contributed by atoms with Crippen molar-refractivity contribution in [1.82, 2.24) is 0 Å². The average Bonchev–Trinajstić information content (AvgIpc) is 2.17. The van der Waals surface area contributed by atoms with E-state index in [0.29, 0.717) is 0 Å². The van der Waals surface area contributed by atoms with Gasteiger partial charge in [-0.15, -0.1) is 6.42 Å². The first-order valence-corrected chi connectivity index (χ1v) is 5.76. The van der Waals surface area contributed by atoms with Gasteiger partial charge in [0.1, 0.15) is 17.1 Å². The molecule has 0 atom stereocenters. The van der Waals surface area contributed by atoms with Crippen LogP contribution >= 0.6 is 0 Å². The maximum absolute atomic E-state index is 11.5. The number of carboxylic acid groups (broad SMARTS) is 1. The molecule has 0 heterocycles. The van der Waals surface area contributed by atoms with Gasteiger partial charge >= 0.3 is 5.97 Å². The third-order valence-electron chi connectivity index (χ3n) is 1.83. The van der Waals surface area contributed by atoms with E-state index in [-0.39, 0.29) is 4.90 Å². The number of aromatic hydroxyl groups is 1. The molecule has 5 nitrogen and oxygen atoms in total. The molecule has 0 fully saturated rings. The van der Waals surface area contributed by atoms with Gasteiger partial charge < -0.3 is 10.2 Å². The fourth-order valence-corrected chi connectivity index (χ4v) is 2.03. The van der Waals surface area contributed by atoms with Gasteiger partial charge in [0.15, 0.2) is 9.84 Å². The SMILES string of the molecule is C#CCS(=O)(=O)c1ccc(O)c(C(=O)O)c1. The van der Waals surface area contributed by atoms with Gasteiger partial charge in [0.25, 0.3) is 0 Å². The number of hydrogen-bond acceptors (Lipinski definition) is 4. The predicted molar refractivity (Wildman–Crippen MR) is 56.0 cm³/mol. The lowest BCUT2D eigenvalue weighted by molar-refractivity contribution is 0.0693. The summed E-state index contributed by atoms with van der Waals surface area (Å²) in [6, 6.07) is 2.99. The largest absolute Gasteiger partial charge is 0.507 e. The highest BCUT2D eigenvalue weighted by Gasteiger charge is 2.17. The molecule has 0 aliphatic carbocycles. The summed E-state index contributed by atoms with van der Waals surface area (Å²) in [6.07, 6.45) is 4.88. The second-order valence-electron chi connectivity index (χ2n) is 2.95. The maximum Gasteiger partial charge on any atom is 0.339 e. The van der Waals surface area contributed by atoms with E-state index in [2.05, 4.69) is 0 Å². The fourth-order valence-electron chi connectivity index (χ4n) is 1.07. The number of rotatable bonds is 3. The van der Waals surface area contributed by atoms with Crippen LogP contribution in [0.25, 0.3) is 0 Å². The van der Waals surface area contributed by atoms with Crippen molar-refractivity contribution in [2.45, 2.75) is 4.90 Å². The van der Waals surface area contributed by atoms with Gasteiger partial charge in [-0.05, 0) is 18.2 Å². The van der Waals surface area contributed by atoms with E-state index < -0.39 is 32.9 Å². The summed E-state index contributed by atoms with van der Waals surface area (Å²) in [4.78, 5) is 10.4. The molecule has 1 aromatic carbocycles. The minimum atomic E-state index is -3.69. The Morgan fingerprint density at radius 2 is 2.06 bits per heavy atom. The summed E-state index contributed by atoms with van der Waals surface area (Å²) in [5.41, 5.74) is -0.474. The summed E-state index contributed by atoms with van der Waals surface area (Å²) >= 11 is 0. The van der Waals surface area contributed by atoms with Crippen LogP contribution in [0, 0.1) is 12.3 Å². The van der Waals surface area contributed by atoms with Gasteiger partial charge in [-0.2, -0.15) is 0 Å². The van der Waals surface area contributed by atoms with Crippen LogP contribution in [0.3, 0.4) is 0 Å². The molecule has 0 radical (unpaired) electrons. The quantitative estimate of drug-likeness (QED) is 0.750. The number of aromatic carboxylic acids is 1. The van der Waals surface area contributed by atoms with Crippen molar-refractivity contribution in [2.24, 2.45) is 0 Å². The Hall–Kier alpha value is -2.00. The fraction of sp³-hybridized carbons (Fsp3) is 0.100. The molecular formula is C10H8O5S. The molecule has 0 bridgehead atoms. The Morgan fingerprint density at radius 3 is 2.56 bits per heavy atom. The molecule has 0 saturated heterocycles. The third-order valence-corrected chi connectivity index (χ3v) is 3.35. The van der Waals surface area contributed by atoms with Crippen molar-refractivity contribution in [3.63, 3.8) is 0 Å². The van der Waals surface area contributed by atoms with Crippen molar-refractivity contribution < 1.29 is 23.4 Å². The topological polar surface area (TPSA) is 91.7 Å². The first-order chi connectivity index (χ1) is 7.38. The van der Waals surface area contributed by atoms with Crippen molar-refractivity contribution >= 4 is 15.8 Å². The smallest absolute Gasteiger partial charge is 0.339 e. The van der Waals surface area contributed by atoms with Crippen molar-refractivity contribution in [2.75, 3.05) is 5.75 Å². The molecule has 2 N–H and O–H groups in total. The summed E-state index contributed by atoms with van der Waals surface area (Å²) in [6.45, 7) is 0. The van der Waals surface area contributed by atoms with E-state index in [1.54, 1.807) is 0 Å². The highest BCUT2D eigenvalue weighted by Crippen LogP contribution is 2.21. The summed E-state index contributed by atoms with van der Waals surface area (Å²) < 4.78 is 23.0. The van der Waals surface area contributed by atoms with Gasteiger partial charge in [0, 0.05) is 0 Å². The van der Waals surface area contributed by atoms with Crippen LogP contribution in [0.15, 0.2) is 23.1 Å². The van der Waals surface area contributed by atoms with Gasteiger partial charge in [-0.3, -0.25) is 0 Å². The first kappa shape index (κ1) is 12.1. The lowest BCUT2D eigenvalue weighted by atomic mass is 10.2. The van der Waals surface area contributed by atoms with Crippen LogP contribution < -0.4 is 0 Å². The Morgan fingerprint density at radius 1 is 1.44 bits per heavy atom. The first-order valence-electron chi connectivity index (χ1n) is 4.11. The van der Waals surface area contributed by atoms with Crippen LogP contribution in [0.4, 0.5) is 0 Å². The van der Waals surface area contributed by atoms with Crippen LogP contribution in [-0.2, 0) is 9.84 Å². The second-order valence-corrected chi connectivity index (χ2v) is 4.94. The zero-order valence-electron chi connectivity index (χ0n) is 8.04. The van der Waals surface area contributed by atoms with Crippen molar-refractivity contribution in [3.8, 4) is 18.1 Å². The zero-order chi connectivity index (χ0) is 12.3. The van der Waals surface area contributed by atoms with Crippen molar-refractivity contribution in [1.29, 1.82) is 0 Å². The number of hydrogen-bond donors (Lipinski definition) is 2. The third kappa shape index (κ3) is 2.32. The highest BCUT2D eigenvalue weighted by atomic mass is 32.2. The summed E-state index contributed by atoms with van der Waals surface area (Å²) in [5.74, 6) is -0.446. The Labute approximate surface area is 92.3 Å². The van der Waals surface area contributed by atoms with E-state index in [4.69, 9.17) is 11.5 Å². The average molecular weight is 240 g/mol. The molecular weight excluding hydrogens is 232 g/mol. The number of sulfone groups is 1. The zero-order valence-corrected chi connectivity index (χ0v) is 8.86. The number of terminal acetylenes is 1. The molecule has 0 aliphatic heterocycles. The normalized spacial score (nSPS) is 10.7. The minimum Gasteiger partial charge on any atom is -0.507 e. The van der Waals surface area contributed by atoms with Gasteiger partial charge in [-0.1, -0.05) is 5.92 Å². The second kappa shape index (κ2) is 4.24. The van der Waals surface area contributed by atoms with Gasteiger partial charge in [0.05, 0.1) is 4.90 Å².